The number of hydrogen-bond acceptors (Lipinski definition) is 8. The summed E-state index contributed by atoms with van der Waals surface area (Å²) in [7, 11) is 0. The zero-order chi connectivity index (χ0) is 23.5. The van der Waals surface area contributed by atoms with Crippen molar-refractivity contribution in [3.63, 3.8) is 0 Å². The van der Waals surface area contributed by atoms with E-state index in [4.69, 9.17) is 4.74 Å². The van der Waals surface area contributed by atoms with Crippen molar-refractivity contribution >= 4 is 33.3 Å². The van der Waals surface area contributed by atoms with Crippen molar-refractivity contribution in [1.29, 1.82) is 0 Å². The van der Waals surface area contributed by atoms with Crippen molar-refractivity contribution in [2.24, 2.45) is 0 Å². The minimum Gasteiger partial charge on any atom is -0.478 e. The molecule has 0 saturated heterocycles. The van der Waals surface area contributed by atoms with Gasteiger partial charge in [0.25, 0.3) is 0 Å². The van der Waals surface area contributed by atoms with E-state index in [0.717, 1.165) is 28.2 Å². The zero-order valence-corrected chi connectivity index (χ0v) is 20.0. The highest BCUT2D eigenvalue weighted by Gasteiger charge is 2.24. The highest BCUT2D eigenvalue weighted by atomic mass is 79.9. The molecular weight excluding hydrogens is 515 g/mol. The van der Waals surface area contributed by atoms with Crippen LogP contribution in [-0.4, -0.2) is 29.3 Å². The third-order valence-corrected chi connectivity index (χ3v) is 6.21. The van der Waals surface area contributed by atoms with E-state index in [-0.39, 0.29) is 5.75 Å². The van der Waals surface area contributed by atoms with Crippen LogP contribution in [0.25, 0.3) is 10.4 Å². The summed E-state index contributed by atoms with van der Waals surface area (Å²) in [4.78, 5) is 15.4. The molecule has 0 unspecified atom stereocenters. The lowest BCUT2D eigenvalue weighted by atomic mass is 9.98. The highest BCUT2D eigenvalue weighted by Crippen LogP contribution is 2.38. The fourth-order valence-electron chi connectivity index (χ4n) is 3.35. The van der Waals surface area contributed by atoms with E-state index in [2.05, 4.69) is 35.6 Å². The van der Waals surface area contributed by atoms with E-state index in [9.17, 15) is 14.5 Å². The number of hydrogen-bond donors (Lipinski definition) is 0. The van der Waals surface area contributed by atoms with Crippen molar-refractivity contribution in [3.05, 3.63) is 80.1 Å². The Balaban J connectivity index is 1.69. The van der Waals surface area contributed by atoms with Crippen LogP contribution in [0.15, 0.2) is 47.3 Å². The minimum atomic E-state index is -0.707. The van der Waals surface area contributed by atoms with Crippen LogP contribution in [0.3, 0.4) is 0 Å². The Labute approximate surface area is 200 Å². The first-order chi connectivity index (χ1) is 15.9. The van der Waals surface area contributed by atoms with E-state index in [1.54, 1.807) is 23.9 Å². The van der Waals surface area contributed by atoms with Gasteiger partial charge in [-0.05, 0) is 68.9 Å². The maximum atomic E-state index is 14.2. The number of nitrogens with zero attached hydrogens (tertiary/aromatic N) is 6. The Morgan fingerprint density at radius 1 is 1.33 bits per heavy atom. The zero-order valence-electron chi connectivity index (χ0n) is 17.6. The lowest BCUT2D eigenvalue weighted by Crippen LogP contribution is -2.08. The van der Waals surface area contributed by atoms with Gasteiger partial charge in [0.2, 0.25) is 5.75 Å². The molecule has 0 radical (unpaired) electrons. The Bertz CT molecular complexity index is 1310. The van der Waals surface area contributed by atoms with E-state index in [1.165, 1.54) is 35.9 Å². The van der Waals surface area contributed by atoms with E-state index < -0.39 is 22.7 Å². The highest BCUT2D eigenvalue weighted by molar-refractivity contribution is 9.10. The third kappa shape index (κ3) is 5.06. The van der Waals surface area contributed by atoms with Gasteiger partial charge < -0.3 is 14.9 Å². The van der Waals surface area contributed by atoms with Gasteiger partial charge in [-0.3, -0.25) is 4.68 Å². The Kier molecular flexibility index (Phi) is 6.75. The molecule has 4 aromatic rings. The molecule has 33 heavy (non-hydrogen) atoms. The van der Waals surface area contributed by atoms with Crippen molar-refractivity contribution < 1.29 is 14.1 Å². The van der Waals surface area contributed by atoms with Gasteiger partial charge in [0, 0.05) is 42.6 Å². The van der Waals surface area contributed by atoms with E-state index in [0.29, 0.717) is 16.5 Å². The summed E-state index contributed by atoms with van der Waals surface area (Å²) in [6.07, 6.45) is 4.76. The molecule has 0 aliphatic heterocycles. The topological polar surface area (TPSA) is 109 Å². The maximum absolute atomic E-state index is 14.2. The Morgan fingerprint density at radius 2 is 2.15 bits per heavy atom. The lowest BCUT2D eigenvalue weighted by Gasteiger charge is -2.18. The smallest absolute Gasteiger partial charge is 0.406 e. The van der Waals surface area contributed by atoms with Crippen LogP contribution in [0, 0.1) is 15.9 Å². The molecule has 3 heterocycles. The molecule has 4 rings (SSSR count). The largest absolute Gasteiger partial charge is 0.478 e. The Hall–Kier alpha value is -3.25. The standard InChI is InChI=1S/C21H18BrFN6O3S/c1-3-28-11-16(26-27-28)6-13-9-25-33-20(13)17-5-4-15(23)8-18(17)12(2)32-19-7-14(22)10-24-21(19)29(30)31/h4-5,7-12H,3,6H2,1-2H3/t12-/m1/s1. The first kappa shape index (κ1) is 22.9. The molecule has 0 aliphatic carbocycles. The monoisotopic (exact) mass is 532 g/mol. The van der Waals surface area contributed by atoms with Crippen molar-refractivity contribution in [3.8, 4) is 16.2 Å². The molecule has 3 aromatic heterocycles. The van der Waals surface area contributed by atoms with Crippen molar-refractivity contribution in [1.82, 2.24) is 24.4 Å². The molecule has 0 fully saturated rings. The third-order valence-electron chi connectivity index (χ3n) is 4.90. The number of halogens is 2. The normalized spacial score (nSPS) is 12.0. The first-order valence-corrected chi connectivity index (χ1v) is 11.5. The summed E-state index contributed by atoms with van der Waals surface area (Å²) in [5.74, 6) is -0.874. The summed E-state index contributed by atoms with van der Waals surface area (Å²) >= 11 is 4.53. The average molecular weight is 533 g/mol. The number of nitro groups is 1. The van der Waals surface area contributed by atoms with Crippen LogP contribution in [0.5, 0.6) is 5.75 Å². The van der Waals surface area contributed by atoms with Gasteiger partial charge in [-0.15, -0.1) is 5.10 Å². The lowest BCUT2D eigenvalue weighted by molar-refractivity contribution is -0.390. The molecule has 0 saturated carbocycles. The quantitative estimate of drug-likeness (QED) is 0.222. The van der Waals surface area contributed by atoms with Crippen LogP contribution in [-0.2, 0) is 13.0 Å². The maximum Gasteiger partial charge on any atom is 0.406 e. The molecule has 9 nitrogen and oxygen atoms in total. The van der Waals surface area contributed by atoms with Crippen LogP contribution in [0.4, 0.5) is 10.2 Å². The van der Waals surface area contributed by atoms with Crippen LogP contribution >= 0.6 is 27.5 Å². The molecule has 0 bridgehead atoms. The van der Waals surface area contributed by atoms with Gasteiger partial charge in [0.15, 0.2) is 6.20 Å². The van der Waals surface area contributed by atoms with Gasteiger partial charge in [0.05, 0.1) is 15.0 Å². The predicted molar refractivity (Wildman–Crippen MR) is 124 cm³/mol. The van der Waals surface area contributed by atoms with Crippen LogP contribution < -0.4 is 4.74 Å². The molecule has 0 aliphatic rings. The van der Waals surface area contributed by atoms with Gasteiger partial charge in [0.1, 0.15) is 11.9 Å². The van der Waals surface area contributed by atoms with Gasteiger partial charge in [-0.25, -0.2) is 8.76 Å². The predicted octanol–water partition coefficient (Wildman–Crippen LogP) is 5.36. The van der Waals surface area contributed by atoms with Crippen molar-refractivity contribution in [2.45, 2.75) is 32.9 Å². The fraction of sp³-hybridized carbons (Fsp3) is 0.238. The van der Waals surface area contributed by atoms with Crippen LogP contribution in [0.1, 0.15) is 36.8 Å². The molecule has 1 atom stereocenters. The number of pyridine rings is 1. The molecule has 0 N–H and O–H groups in total. The number of aryl methyl sites for hydroxylation is 1. The number of benzene rings is 1. The summed E-state index contributed by atoms with van der Waals surface area (Å²) in [5.41, 5.74) is 2.97. The molecular formula is C21H18BrFN6O3S. The molecule has 12 heteroatoms. The number of rotatable bonds is 8. The second-order valence-corrected chi connectivity index (χ2v) is 8.86. The van der Waals surface area contributed by atoms with Gasteiger partial charge in [-0.1, -0.05) is 11.3 Å². The number of ether oxygens (including phenoxy) is 1. The van der Waals surface area contributed by atoms with E-state index >= 15 is 0 Å². The van der Waals surface area contributed by atoms with Gasteiger partial charge >= 0.3 is 5.82 Å². The second kappa shape index (κ2) is 9.71. The summed E-state index contributed by atoms with van der Waals surface area (Å²) in [6, 6.07) is 5.87. The SMILES string of the molecule is CCn1cc(Cc2cnsc2-c2ccc(F)cc2[C@@H](C)Oc2cc(Br)cnc2[N+](=O)[O-])nn1. The molecule has 1 aromatic carbocycles. The van der Waals surface area contributed by atoms with E-state index in [1.807, 2.05) is 13.1 Å². The number of aromatic nitrogens is 5. The molecule has 170 valence electrons. The second-order valence-electron chi connectivity index (χ2n) is 7.15. The molecule has 0 amide bonds. The van der Waals surface area contributed by atoms with Crippen LogP contribution in [0.2, 0.25) is 0 Å². The minimum absolute atomic E-state index is 0.0159. The van der Waals surface area contributed by atoms with Gasteiger partial charge in [-0.2, -0.15) is 0 Å². The average Bonchev–Trinajstić information content (AvgIpc) is 3.43. The summed E-state index contributed by atoms with van der Waals surface area (Å²) in [6.45, 7) is 4.40. The van der Waals surface area contributed by atoms with Crippen molar-refractivity contribution in [2.75, 3.05) is 0 Å². The first-order valence-electron chi connectivity index (χ1n) is 9.94. The molecule has 0 spiro atoms. The summed E-state index contributed by atoms with van der Waals surface area (Å²) < 4.78 is 26.7. The Morgan fingerprint density at radius 3 is 2.88 bits per heavy atom. The summed E-state index contributed by atoms with van der Waals surface area (Å²) in [5, 5.41) is 19.6. The fourth-order valence-corrected chi connectivity index (χ4v) is 4.47.